The van der Waals surface area contributed by atoms with Gasteiger partial charge in [-0.25, -0.2) is 8.78 Å². The number of amides is 1. The number of hydrogen-bond donors (Lipinski definition) is 0. The fraction of sp³-hybridized carbons (Fsp3) is 0.350. The summed E-state index contributed by atoms with van der Waals surface area (Å²) >= 11 is 6.22. The summed E-state index contributed by atoms with van der Waals surface area (Å²) in [4.78, 5) is 16.8. The van der Waals surface area contributed by atoms with E-state index >= 15 is 0 Å². The maximum atomic E-state index is 14.2. The standard InChI is InChI=1S/C20H19ClF2N2O/c1-24-9-7-20(8-10-24)12-25(17-6-5-13(21)11-14(17)20)19(26)18-15(22)3-2-4-16(18)23/h2-6,11H,7-10,12H2,1H3. The summed E-state index contributed by atoms with van der Waals surface area (Å²) in [6.45, 7) is 2.23. The minimum atomic E-state index is -0.838. The van der Waals surface area contributed by atoms with Gasteiger partial charge in [-0.1, -0.05) is 17.7 Å². The van der Waals surface area contributed by atoms with Crippen LogP contribution in [0.4, 0.5) is 14.5 Å². The molecule has 0 aliphatic carbocycles. The molecule has 2 aliphatic rings. The SMILES string of the molecule is CN1CCC2(CC1)CN(C(=O)c1c(F)cccc1F)c1ccc(Cl)cc12. The van der Waals surface area contributed by atoms with Gasteiger partial charge in [-0.05, 0) is 68.9 Å². The minimum Gasteiger partial charge on any atom is -0.307 e. The molecule has 0 atom stereocenters. The highest BCUT2D eigenvalue weighted by Crippen LogP contribution is 2.48. The molecule has 6 heteroatoms. The smallest absolute Gasteiger partial charge is 0.264 e. The minimum absolute atomic E-state index is 0.218. The molecule has 0 radical (unpaired) electrons. The highest BCUT2D eigenvalue weighted by molar-refractivity contribution is 6.30. The summed E-state index contributed by atoms with van der Waals surface area (Å²) in [6, 6.07) is 8.87. The van der Waals surface area contributed by atoms with Gasteiger partial charge in [-0.2, -0.15) is 0 Å². The second kappa shape index (κ2) is 6.32. The van der Waals surface area contributed by atoms with Gasteiger partial charge in [0.15, 0.2) is 0 Å². The zero-order chi connectivity index (χ0) is 18.5. The lowest BCUT2D eigenvalue weighted by molar-refractivity contribution is 0.0971. The molecular formula is C20H19ClF2N2O. The molecule has 2 heterocycles. The Morgan fingerprint density at radius 2 is 1.77 bits per heavy atom. The quantitative estimate of drug-likeness (QED) is 0.743. The van der Waals surface area contributed by atoms with E-state index in [1.54, 1.807) is 12.1 Å². The van der Waals surface area contributed by atoms with Crippen molar-refractivity contribution in [3.05, 3.63) is 64.2 Å². The van der Waals surface area contributed by atoms with E-state index in [0.29, 0.717) is 17.3 Å². The zero-order valence-corrected chi connectivity index (χ0v) is 15.2. The molecule has 0 unspecified atom stereocenters. The molecular weight excluding hydrogens is 358 g/mol. The number of carbonyl (C=O) groups excluding carboxylic acids is 1. The molecule has 136 valence electrons. The van der Waals surface area contributed by atoms with Crippen LogP contribution >= 0.6 is 11.6 Å². The Labute approximate surface area is 156 Å². The van der Waals surface area contributed by atoms with Gasteiger partial charge in [0.05, 0.1) is 0 Å². The van der Waals surface area contributed by atoms with E-state index in [0.717, 1.165) is 43.6 Å². The van der Waals surface area contributed by atoms with E-state index in [9.17, 15) is 13.6 Å². The highest BCUT2D eigenvalue weighted by Gasteiger charge is 2.46. The predicted molar refractivity (Wildman–Crippen MR) is 97.9 cm³/mol. The van der Waals surface area contributed by atoms with E-state index < -0.39 is 23.1 Å². The topological polar surface area (TPSA) is 23.6 Å². The van der Waals surface area contributed by atoms with Gasteiger partial charge < -0.3 is 9.80 Å². The lowest BCUT2D eigenvalue weighted by atomic mass is 9.74. The number of nitrogens with zero attached hydrogens (tertiary/aromatic N) is 2. The van der Waals surface area contributed by atoms with Gasteiger partial charge in [0.25, 0.3) is 5.91 Å². The molecule has 1 saturated heterocycles. The Morgan fingerprint density at radius 1 is 1.12 bits per heavy atom. The van der Waals surface area contributed by atoms with Crippen molar-refractivity contribution < 1.29 is 13.6 Å². The van der Waals surface area contributed by atoms with Gasteiger partial charge in [0.1, 0.15) is 17.2 Å². The lowest BCUT2D eigenvalue weighted by Crippen LogP contribution is -2.45. The van der Waals surface area contributed by atoms with E-state index in [1.807, 2.05) is 6.07 Å². The fourth-order valence-electron chi connectivity index (χ4n) is 4.13. The number of likely N-dealkylation sites (tertiary alicyclic amines) is 1. The lowest BCUT2D eigenvalue weighted by Gasteiger charge is -2.38. The maximum absolute atomic E-state index is 14.2. The average Bonchev–Trinajstić information content (AvgIpc) is 2.91. The number of rotatable bonds is 1. The molecule has 4 rings (SSSR count). The molecule has 1 amide bonds. The largest absolute Gasteiger partial charge is 0.307 e. The number of halogens is 3. The molecule has 0 bridgehead atoms. The first-order valence-corrected chi connectivity index (χ1v) is 9.03. The molecule has 26 heavy (non-hydrogen) atoms. The predicted octanol–water partition coefficient (Wildman–Crippen LogP) is 4.24. The number of benzene rings is 2. The first kappa shape index (κ1) is 17.4. The maximum Gasteiger partial charge on any atom is 0.264 e. The summed E-state index contributed by atoms with van der Waals surface area (Å²) in [5.74, 6) is -2.32. The Bertz CT molecular complexity index is 858. The van der Waals surface area contributed by atoms with Crippen LogP contribution in [0.1, 0.15) is 28.8 Å². The van der Waals surface area contributed by atoms with Crippen molar-refractivity contribution in [1.29, 1.82) is 0 Å². The number of anilines is 1. The summed E-state index contributed by atoms with van der Waals surface area (Å²) in [5, 5.41) is 0.605. The monoisotopic (exact) mass is 376 g/mol. The van der Waals surface area contributed by atoms with Crippen molar-refractivity contribution in [1.82, 2.24) is 4.90 Å². The van der Waals surface area contributed by atoms with Crippen LogP contribution in [0.2, 0.25) is 5.02 Å². The van der Waals surface area contributed by atoms with Crippen molar-refractivity contribution in [2.45, 2.75) is 18.3 Å². The van der Waals surface area contributed by atoms with Gasteiger partial charge in [-0.3, -0.25) is 4.79 Å². The Hall–Kier alpha value is -1.98. The van der Waals surface area contributed by atoms with Crippen molar-refractivity contribution in [3.8, 4) is 0 Å². The van der Waals surface area contributed by atoms with Crippen molar-refractivity contribution in [2.75, 3.05) is 31.6 Å². The first-order chi connectivity index (χ1) is 12.4. The summed E-state index contributed by atoms with van der Waals surface area (Å²) < 4.78 is 28.3. The molecule has 1 fully saturated rings. The van der Waals surface area contributed by atoms with Crippen LogP contribution in [0.5, 0.6) is 0 Å². The fourth-order valence-corrected chi connectivity index (χ4v) is 4.31. The van der Waals surface area contributed by atoms with E-state index in [2.05, 4.69) is 11.9 Å². The molecule has 0 saturated carbocycles. The summed E-state index contributed by atoms with van der Waals surface area (Å²) in [7, 11) is 2.07. The molecule has 1 spiro atoms. The normalized spacial score (nSPS) is 19.0. The van der Waals surface area contributed by atoms with Crippen LogP contribution < -0.4 is 4.90 Å². The van der Waals surface area contributed by atoms with Crippen molar-refractivity contribution in [2.24, 2.45) is 0 Å². The Kier molecular flexibility index (Phi) is 4.24. The summed E-state index contributed by atoms with van der Waals surface area (Å²) in [5.41, 5.74) is 0.984. The van der Waals surface area contributed by atoms with Crippen LogP contribution in [-0.4, -0.2) is 37.5 Å². The number of piperidine rings is 1. The molecule has 0 aromatic heterocycles. The van der Waals surface area contributed by atoms with Crippen molar-refractivity contribution in [3.63, 3.8) is 0 Å². The van der Waals surface area contributed by atoms with Crippen LogP contribution in [0.3, 0.4) is 0 Å². The van der Waals surface area contributed by atoms with Crippen LogP contribution in [0, 0.1) is 11.6 Å². The molecule has 2 aliphatic heterocycles. The van der Waals surface area contributed by atoms with Crippen LogP contribution in [-0.2, 0) is 5.41 Å². The second-order valence-corrected chi connectivity index (χ2v) is 7.67. The van der Waals surface area contributed by atoms with Gasteiger partial charge in [-0.15, -0.1) is 0 Å². The zero-order valence-electron chi connectivity index (χ0n) is 14.4. The summed E-state index contributed by atoms with van der Waals surface area (Å²) in [6.07, 6.45) is 1.75. The van der Waals surface area contributed by atoms with Crippen LogP contribution in [0.25, 0.3) is 0 Å². The average molecular weight is 377 g/mol. The number of carbonyl (C=O) groups is 1. The number of fused-ring (bicyclic) bond motifs is 2. The van der Waals surface area contributed by atoms with Crippen LogP contribution in [0.15, 0.2) is 36.4 Å². The molecule has 2 aromatic rings. The van der Waals surface area contributed by atoms with Gasteiger partial charge in [0, 0.05) is 22.7 Å². The van der Waals surface area contributed by atoms with Crippen molar-refractivity contribution >= 4 is 23.2 Å². The van der Waals surface area contributed by atoms with E-state index in [-0.39, 0.29) is 5.41 Å². The van der Waals surface area contributed by atoms with Gasteiger partial charge >= 0.3 is 0 Å². The van der Waals surface area contributed by atoms with E-state index in [1.165, 1.54) is 11.0 Å². The highest BCUT2D eigenvalue weighted by atomic mass is 35.5. The third-order valence-electron chi connectivity index (χ3n) is 5.65. The third-order valence-corrected chi connectivity index (χ3v) is 5.88. The molecule has 2 aromatic carbocycles. The number of hydrogen-bond acceptors (Lipinski definition) is 2. The van der Waals surface area contributed by atoms with Gasteiger partial charge in [0.2, 0.25) is 0 Å². The molecule has 3 nitrogen and oxygen atoms in total. The Morgan fingerprint density at radius 3 is 2.42 bits per heavy atom. The first-order valence-electron chi connectivity index (χ1n) is 8.66. The third kappa shape index (κ3) is 2.70. The van der Waals surface area contributed by atoms with E-state index in [4.69, 9.17) is 11.6 Å². The molecule has 0 N–H and O–H groups in total. The Balaban J connectivity index is 1.79. The second-order valence-electron chi connectivity index (χ2n) is 7.23.